The molecule has 0 saturated heterocycles. The zero-order chi connectivity index (χ0) is 13.7. The van der Waals surface area contributed by atoms with Crippen molar-refractivity contribution >= 4 is 39.2 Å². The molecule has 0 aliphatic heterocycles. The predicted octanol–water partition coefficient (Wildman–Crippen LogP) is 1.99. The summed E-state index contributed by atoms with van der Waals surface area (Å²) in [5.74, 6) is 5.97. The fraction of sp³-hybridized carbons (Fsp3) is 0.300. The van der Waals surface area contributed by atoms with Gasteiger partial charge in [0.1, 0.15) is 0 Å². The SMILES string of the molecule is CCOc1nc(NN)nc(NCc2ccc(Br)s2)n1. The second-order valence-electron chi connectivity index (χ2n) is 3.40. The van der Waals surface area contributed by atoms with Crippen LogP contribution in [0.1, 0.15) is 11.8 Å². The number of nitrogens with one attached hydrogen (secondary N) is 2. The van der Waals surface area contributed by atoms with Gasteiger partial charge in [0, 0.05) is 4.88 Å². The van der Waals surface area contributed by atoms with Crippen LogP contribution in [0.5, 0.6) is 6.01 Å². The lowest BCUT2D eigenvalue weighted by atomic mass is 10.5. The summed E-state index contributed by atoms with van der Waals surface area (Å²) in [7, 11) is 0. The minimum absolute atomic E-state index is 0.236. The predicted molar refractivity (Wildman–Crippen MR) is 78.2 cm³/mol. The van der Waals surface area contributed by atoms with Crippen molar-refractivity contribution in [2.45, 2.75) is 13.5 Å². The van der Waals surface area contributed by atoms with Crippen LogP contribution in [-0.2, 0) is 6.54 Å². The molecule has 0 fully saturated rings. The number of thiophene rings is 1. The van der Waals surface area contributed by atoms with Crippen molar-refractivity contribution < 1.29 is 4.74 Å². The molecule has 4 N–H and O–H groups in total. The average Bonchev–Trinajstić information content (AvgIpc) is 2.82. The molecule has 0 unspecified atom stereocenters. The topological polar surface area (TPSA) is 98.0 Å². The van der Waals surface area contributed by atoms with Crippen LogP contribution >= 0.6 is 27.3 Å². The molecule has 2 aromatic heterocycles. The van der Waals surface area contributed by atoms with E-state index in [2.05, 4.69) is 41.6 Å². The highest BCUT2D eigenvalue weighted by molar-refractivity contribution is 9.11. The van der Waals surface area contributed by atoms with Crippen molar-refractivity contribution in [3.05, 3.63) is 20.8 Å². The molecule has 19 heavy (non-hydrogen) atoms. The molecule has 0 saturated carbocycles. The molecule has 2 aromatic rings. The van der Waals surface area contributed by atoms with Gasteiger partial charge in [-0.05, 0) is 35.0 Å². The van der Waals surface area contributed by atoms with Crippen LogP contribution in [0.25, 0.3) is 0 Å². The van der Waals surface area contributed by atoms with Crippen molar-refractivity contribution in [3.8, 4) is 6.01 Å². The van der Waals surface area contributed by atoms with Crippen molar-refractivity contribution in [2.75, 3.05) is 17.3 Å². The standard InChI is InChI=1S/C10H13BrN6OS/c1-2-18-10-15-8(14-9(16-10)17-12)13-5-6-3-4-7(11)19-6/h3-4H,2,5,12H2,1H3,(H2,13,14,15,16,17). The molecule has 7 nitrogen and oxygen atoms in total. The molecule has 102 valence electrons. The molecular formula is C10H13BrN6OS. The van der Waals surface area contributed by atoms with Gasteiger partial charge in [-0.3, -0.25) is 5.43 Å². The molecule has 0 aliphatic carbocycles. The number of nitrogens with two attached hydrogens (primary N) is 1. The Hall–Kier alpha value is -1.45. The van der Waals surface area contributed by atoms with Gasteiger partial charge in [0.15, 0.2) is 0 Å². The molecule has 0 amide bonds. The quantitative estimate of drug-likeness (QED) is 0.544. The van der Waals surface area contributed by atoms with Gasteiger partial charge in [-0.25, -0.2) is 5.84 Å². The zero-order valence-electron chi connectivity index (χ0n) is 10.2. The van der Waals surface area contributed by atoms with E-state index in [4.69, 9.17) is 10.6 Å². The smallest absolute Gasteiger partial charge is 0.323 e. The highest BCUT2D eigenvalue weighted by atomic mass is 79.9. The van der Waals surface area contributed by atoms with Crippen molar-refractivity contribution in [2.24, 2.45) is 5.84 Å². The van der Waals surface area contributed by atoms with E-state index < -0.39 is 0 Å². The van der Waals surface area contributed by atoms with Gasteiger partial charge < -0.3 is 10.1 Å². The first-order valence-corrected chi connectivity index (χ1v) is 7.15. The number of nitrogens with zero attached hydrogens (tertiary/aromatic N) is 3. The Bertz CT molecular complexity index is 549. The number of hydrogen-bond acceptors (Lipinski definition) is 8. The van der Waals surface area contributed by atoms with Crippen molar-refractivity contribution in [3.63, 3.8) is 0 Å². The van der Waals surface area contributed by atoms with E-state index in [1.807, 2.05) is 19.1 Å². The third-order valence-electron chi connectivity index (χ3n) is 2.07. The molecule has 0 atom stereocenters. The Morgan fingerprint density at radius 3 is 2.74 bits per heavy atom. The Morgan fingerprint density at radius 2 is 2.11 bits per heavy atom. The third-order valence-corrected chi connectivity index (χ3v) is 3.69. The van der Waals surface area contributed by atoms with Gasteiger partial charge in [-0.15, -0.1) is 11.3 Å². The van der Waals surface area contributed by atoms with Crippen LogP contribution in [0.4, 0.5) is 11.9 Å². The zero-order valence-corrected chi connectivity index (χ0v) is 12.6. The fourth-order valence-electron chi connectivity index (χ4n) is 1.31. The highest BCUT2D eigenvalue weighted by Crippen LogP contribution is 2.22. The molecule has 2 rings (SSSR count). The Balaban J connectivity index is 2.08. The number of hydrazine groups is 1. The first-order valence-electron chi connectivity index (χ1n) is 5.55. The summed E-state index contributed by atoms with van der Waals surface area (Å²) in [6, 6.07) is 4.25. The summed E-state index contributed by atoms with van der Waals surface area (Å²) in [5, 5.41) is 3.10. The molecule has 9 heteroatoms. The first-order chi connectivity index (χ1) is 9.21. The van der Waals surface area contributed by atoms with E-state index in [9.17, 15) is 0 Å². The second-order valence-corrected chi connectivity index (χ2v) is 5.95. The van der Waals surface area contributed by atoms with Gasteiger partial charge in [0.05, 0.1) is 16.9 Å². The summed E-state index contributed by atoms with van der Waals surface area (Å²) in [5.41, 5.74) is 2.38. The lowest BCUT2D eigenvalue weighted by Gasteiger charge is -2.07. The number of rotatable bonds is 6. The monoisotopic (exact) mass is 344 g/mol. The summed E-state index contributed by atoms with van der Waals surface area (Å²) in [6.07, 6.45) is 0. The number of ether oxygens (including phenoxy) is 1. The van der Waals surface area contributed by atoms with E-state index in [0.29, 0.717) is 19.1 Å². The summed E-state index contributed by atoms with van der Waals surface area (Å²) >= 11 is 5.06. The number of hydrogen-bond donors (Lipinski definition) is 3. The lowest BCUT2D eigenvalue weighted by molar-refractivity contribution is 0.312. The Kier molecular flexibility index (Phi) is 4.88. The fourth-order valence-corrected chi connectivity index (χ4v) is 2.73. The van der Waals surface area contributed by atoms with Crippen LogP contribution in [-0.4, -0.2) is 21.6 Å². The number of anilines is 2. The molecule has 0 radical (unpaired) electrons. The maximum absolute atomic E-state index is 5.30. The van der Waals surface area contributed by atoms with Gasteiger partial charge in [0.2, 0.25) is 11.9 Å². The number of halogens is 1. The summed E-state index contributed by atoms with van der Waals surface area (Å²) in [4.78, 5) is 13.4. The largest absolute Gasteiger partial charge is 0.464 e. The van der Waals surface area contributed by atoms with E-state index in [1.54, 1.807) is 11.3 Å². The number of nitrogen functional groups attached to an aromatic ring is 1. The molecule has 0 spiro atoms. The molecule has 0 aromatic carbocycles. The van der Waals surface area contributed by atoms with Crippen LogP contribution < -0.4 is 21.3 Å². The first kappa shape index (κ1) is 14.0. The molecule has 2 heterocycles. The van der Waals surface area contributed by atoms with Crippen molar-refractivity contribution in [1.29, 1.82) is 0 Å². The number of aromatic nitrogens is 3. The minimum Gasteiger partial charge on any atom is -0.464 e. The van der Waals surface area contributed by atoms with Gasteiger partial charge in [-0.1, -0.05) is 0 Å². The minimum atomic E-state index is 0.236. The normalized spacial score (nSPS) is 10.3. The van der Waals surface area contributed by atoms with Crippen LogP contribution in [0.2, 0.25) is 0 Å². The maximum Gasteiger partial charge on any atom is 0.323 e. The maximum atomic E-state index is 5.30. The Labute approximate surface area is 122 Å². The molecular weight excluding hydrogens is 332 g/mol. The lowest BCUT2D eigenvalue weighted by Crippen LogP contribution is -2.14. The molecule has 0 aliphatic rings. The van der Waals surface area contributed by atoms with Gasteiger partial charge >= 0.3 is 6.01 Å². The van der Waals surface area contributed by atoms with E-state index in [0.717, 1.165) is 8.66 Å². The highest BCUT2D eigenvalue weighted by Gasteiger charge is 2.06. The van der Waals surface area contributed by atoms with Crippen LogP contribution in [0, 0.1) is 0 Å². The summed E-state index contributed by atoms with van der Waals surface area (Å²) in [6.45, 7) is 2.96. The van der Waals surface area contributed by atoms with Crippen LogP contribution in [0.15, 0.2) is 15.9 Å². The van der Waals surface area contributed by atoms with Gasteiger partial charge in [-0.2, -0.15) is 15.0 Å². The third kappa shape index (κ3) is 4.01. The average molecular weight is 345 g/mol. The summed E-state index contributed by atoms with van der Waals surface area (Å²) < 4.78 is 6.33. The van der Waals surface area contributed by atoms with E-state index >= 15 is 0 Å². The Morgan fingerprint density at radius 1 is 1.32 bits per heavy atom. The second kappa shape index (κ2) is 6.64. The van der Waals surface area contributed by atoms with E-state index in [-0.39, 0.29) is 12.0 Å². The van der Waals surface area contributed by atoms with Crippen molar-refractivity contribution in [1.82, 2.24) is 15.0 Å². The van der Waals surface area contributed by atoms with Gasteiger partial charge in [0.25, 0.3) is 0 Å². The molecule has 0 bridgehead atoms. The van der Waals surface area contributed by atoms with E-state index in [1.165, 1.54) is 0 Å². The van der Waals surface area contributed by atoms with Crippen LogP contribution in [0.3, 0.4) is 0 Å².